The van der Waals surface area contributed by atoms with Crippen LogP contribution in [0.1, 0.15) is 28.4 Å². The van der Waals surface area contributed by atoms with Gasteiger partial charge in [0.25, 0.3) is 11.5 Å². The average molecular weight is 526 g/mol. The van der Waals surface area contributed by atoms with Crippen LogP contribution in [0.2, 0.25) is 0 Å². The third kappa shape index (κ3) is 4.57. The van der Waals surface area contributed by atoms with Crippen LogP contribution in [0.3, 0.4) is 0 Å². The van der Waals surface area contributed by atoms with Gasteiger partial charge >= 0.3 is 0 Å². The fraction of sp³-hybridized carbons (Fsp3) is 0.200. The lowest BCUT2D eigenvalue weighted by Gasteiger charge is -2.42. The maximum Gasteiger partial charge on any atom is 0.255 e. The Kier molecular flexibility index (Phi) is 6.21. The second-order valence-electron chi connectivity index (χ2n) is 9.94. The van der Waals surface area contributed by atoms with Crippen LogP contribution in [-0.4, -0.2) is 36.3 Å². The first kappa shape index (κ1) is 24.3. The molecule has 2 aliphatic rings. The van der Waals surface area contributed by atoms with Crippen molar-refractivity contribution < 1.29 is 13.2 Å². The number of carbonyl (C=O) groups is 1. The number of rotatable bonds is 5. The van der Waals surface area contributed by atoms with Gasteiger partial charge in [0.05, 0.1) is 4.90 Å². The molecule has 0 aliphatic carbocycles. The minimum atomic E-state index is -3.71. The van der Waals surface area contributed by atoms with Gasteiger partial charge in [-0.1, -0.05) is 48.5 Å². The molecule has 3 heterocycles. The van der Waals surface area contributed by atoms with E-state index in [0.29, 0.717) is 30.9 Å². The van der Waals surface area contributed by atoms with Crippen molar-refractivity contribution in [3.8, 4) is 11.1 Å². The number of hydrogen-bond acceptors (Lipinski definition) is 4. The third-order valence-electron chi connectivity index (χ3n) is 7.45. The molecule has 2 bridgehead atoms. The van der Waals surface area contributed by atoms with Crippen LogP contribution in [0.15, 0.2) is 107 Å². The van der Waals surface area contributed by atoms with Gasteiger partial charge in [-0.05, 0) is 65.9 Å². The minimum Gasteiger partial charge on any atom is -0.322 e. The van der Waals surface area contributed by atoms with Gasteiger partial charge in [-0.25, -0.2) is 8.42 Å². The van der Waals surface area contributed by atoms with E-state index in [1.165, 1.54) is 16.4 Å². The monoisotopic (exact) mass is 525 g/mol. The number of nitrogens with one attached hydrogen (secondary N) is 1. The molecule has 8 heteroatoms. The van der Waals surface area contributed by atoms with Crippen molar-refractivity contribution in [2.75, 3.05) is 18.4 Å². The largest absolute Gasteiger partial charge is 0.322 e. The van der Waals surface area contributed by atoms with Gasteiger partial charge in [0.15, 0.2) is 0 Å². The number of anilines is 1. The van der Waals surface area contributed by atoms with Gasteiger partial charge in [0, 0.05) is 48.6 Å². The topological polar surface area (TPSA) is 88.5 Å². The number of nitrogens with zero attached hydrogens (tertiary/aromatic N) is 2. The number of sulfonamides is 1. The summed E-state index contributed by atoms with van der Waals surface area (Å²) in [4.78, 5) is 25.2. The maximum absolute atomic E-state index is 13.5. The van der Waals surface area contributed by atoms with Crippen LogP contribution in [-0.2, 0) is 16.6 Å². The molecular formula is C30H27N3O4S. The van der Waals surface area contributed by atoms with E-state index in [1.54, 1.807) is 41.0 Å². The normalized spacial score (nSPS) is 18.9. The molecule has 38 heavy (non-hydrogen) atoms. The van der Waals surface area contributed by atoms with Gasteiger partial charge in [-0.15, -0.1) is 0 Å². The van der Waals surface area contributed by atoms with E-state index in [-0.39, 0.29) is 28.2 Å². The number of pyridine rings is 1. The number of aromatic nitrogens is 1. The molecule has 0 unspecified atom stereocenters. The highest BCUT2D eigenvalue weighted by molar-refractivity contribution is 7.89. The quantitative estimate of drug-likeness (QED) is 0.413. The molecule has 1 fully saturated rings. The van der Waals surface area contributed by atoms with Gasteiger partial charge in [-0.2, -0.15) is 4.31 Å². The molecule has 3 aromatic carbocycles. The number of hydrogen-bond donors (Lipinski definition) is 1. The van der Waals surface area contributed by atoms with Gasteiger partial charge in [-0.3, -0.25) is 9.59 Å². The number of benzene rings is 3. The Balaban J connectivity index is 1.15. The first-order valence-corrected chi connectivity index (χ1v) is 14.1. The fourth-order valence-corrected chi connectivity index (χ4v) is 7.12. The summed E-state index contributed by atoms with van der Waals surface area (Å²) < 4.78 is 30.3. The molecule has 0 spiro atoms. The van der Waals surface area contributed by atoms with Crippen molar-refractivity contribution >= 4 is 21.6 Å². The Labute approximate surface area is 221 Å². The van der Waals surface area contributed by atoms with Crippen LogP contribution in [0.5, 0.6) is 0 Å². The lowest BCUT2D eigenvalue weighted by Crippen LogP contribution is -2.48. The van der Waals surface area contributed by atoms with E-state index in [1.807, 2.05) is 48.5 Å². The highest BCUT2D eigenvalue weighted by Crippen LogP contribution is 2.37. The molecule has 1 N–H and O–H groups in total. The summed E-state index contributed by atoms with van der Waals surface area (Å²) in [5.74, 6) is -0.168. The van der Waals surface area contributed by atoms with Crippen molar-refractivity contribution in [1.29, 1.82) is 0 Å². The summed E-state index contributed by atoms with van der Waals surface area (Å²) in [6.45, 7) is 1.27. The van der Waals surface area contributed by atoms with E-state index in [0.717, 1.165) is 23.2 Å². The molecule has 6 rings (SSSR count). The Morgan fingerprint density at radius 1 is 0.763 bits per heavy atom. The van der Waals surface area contributed by atoms with Gasteiger partial charge < -0.3 is 9.88 Å². The molecule has 0 radical (unpaired) electrons. The Hall–Kier alpha value is -4.01. The summed E-state index contributed by atoms with van der Waals surface area (Å²) in [6, 6.07) is 28.8. The van der Waals surface area contributed by atoms with Crippen molar-refractivity contribution in [2.45, 2.75) is 23.8 Å². The molecule has 1 aromatic heterocycles. The van der Waals surface area contributed by atoms with E-state index in [9.17, 15) is 18.0 Å². The van der Waals surface area contributed by atoms with Crippen molar-refractivity contribution in [3.63, 3.8) is 0 Å². The Morgan fingerprint density at radius 2 is 1.47 bits per heavy atom. The zero-order chi connectivity index (χ0) is 26.3. The van der Waals surface area contributed by atoms with Crippen LogP contribution >= 0.6 is 0 Å². The van der Waals surface area contributed by atoms with E-state index >= 15 is 0 Å². The lowest BCUT2D eigenvalue weighted by atomic mass is 9.84. The summed E-state index contributed by atoms with van der Waals surface area (Å²) in [5, 5.41) is 2.84. The molecule has 7 nitrogen and oxygen atoms in total. The molecule has 192 valence electrons. The van der Waals surface area contributed by atoms with Crippen LogP contribution < -0.4 is 10.9 Å². The summed E-state index contributed by atoms with van der Waals surface area (Å²) >= 11 is 0. The zero-order valence-corrected chi connectivity index (χ0v) is 21.5. The van der Waals surface area contributed by atoms with Crippen LogP contribution in [0, 0.1) is 5.92 Å². The molecule has 4 aromatic rings. The molecule has 2 atom stereocenters. The van der Waals surface area contributed by atoms with Crippen molar-refractivity contribution in [1.82, 2.24) is 8.87 Å². The molecule has 1 amide bonds. The molecule has 1 saturated heterocycles. The second-order valence-corrected chi connectivity index (χ2v) is 11.9. The summed E-state index contributed by atoms with van der Waals surface area (Å²) in [5.41, 5.74) is 4.01. The van der Waals surface area contributed by atoms with Gasteiger partial charge in [0.1, 0.15) is 0 Å². The van der Waals surface area contributed by atoms with Crippen LogP contribution in [0.4, 0.5) is 5.69 Å². The first-order chi connectivity index (χ1) is 18.4. The molecular weight excluding hydrogens is 498 g/mol. The van der Waals surface area contributed by atoms with E-state index in [4.69, 9.17) is 0 Å². The first-order valence-electron chi connectivity index (χ1n) is 12.7. The highest BCUT2D eigenvalue weighted by atomic mass is 32.2. The third-order valence-corrected chi connectivity index (χ3v) is 9.30. The highest BCUT2D eigenvalue weighted by Gasteiger charge is 2.39. The Morgan fingerprint density at radius 3 is 2.21 bits per heavy atom. The SMILES string of the molecule is O=C(Nc1ccc(S(=O)(=O)N2C[C@H]3C[C@@H](C2)c2cccc(=O)n2C3)cc1)c1ccc(-c2ccccc2)cc1. The zero-order valence-electron chi connectivity index (χ0n) is 20.7. The minimum absolute atomic E-state index is 0.00184. The number of piperidine rings is 1. The van der Waals surface area contributed by atoms with E-state index < -0.39 is 10.0 Å². The van der Waals surface area contributed by atoms with Crippen molar-refractivity contribution in [2.24, 2.45) is 5.92 Å². The smallest absolute Gasteiger partial charge is 0.255 e. The van der Waals surface area contributed by atoms with E-state index in [2.05, 4.69) is 5.32 Å². The van der Waals surface area contributed by atoms with Crippen molar-refractivity contribution in [3.05, 3.63) is 119 Å². The number of carbonyl (C=O) groups excluding carboxylic acids is 1. The predicted molar refractivity (Wildman–Crippen MR) is 147 cm³/mol. The average Bonchev–Trinajstić information content (AvgIpc) is 2.94. The van der Waals surface area contributed by atoms with Gasteiger partial charge in [0.2, 0.25) is 10.0 Å². The fourth-order valence-electron chi connectivity index (χ4n) is 5.56. The number of fused-ring (bicyclic) bond motifs is 4. The predicted octanol–water partition coefficient (Wildman–Crippen LogP) is 4.58. The standard InChI is InChI=1S/C30H27N3O4S/c34-29-8-4-7-28-25-17-21(19-33(28)29)18-32(20-25)38(36,37)27-15-13-26(14-16-27)31-30(35)24-11-9-23(10-12-24)22-5-2-1-3-6-22/h1-16,21,25H,17-20H2,(H,31,35)/t21-,25+/m1/s1. The maximum atomic E-state index is 13.5. The molecule has 0 saturated carbocycles. The lowest BCUT2D eigenvalue weighted by molar-refractivity contribution is 0.102. The second kappa shape index (κ2) is 9.70. The summed E-state index contributed by atoms with van der Waals surface area (Å²) in [6.07, 6.45) is 0.882. The summed E-state index contributed by atoms with van der Waals surface area (Å²) in [7, 11) is -3.71. The van der Waals surface area contributed by atoms with Crippen LogP contribution in [0.25, 0.3) is 11.1 Å². The Bertz CT molecular complexity index is 1650. The molecule has 2 aliphatic heterocycles. The number of amides is 1.